The molecule has 0 aromatic carbocycles. The molecule has 9 nitrogen and oxygen atoms in total. The molecule has 0 spiro atoms. The minimum atomic E-state index is -4.36. The molecule has 0 heterocycles. The van der Waals surface area contributed by atoms with Gasteiger partial charge in [0, 0.05) is 12.8 Å². The molecule has 0 aliphatic heterocycles. The Morgan fingerprint density at radius 1 is 0.403 bits per heavy atom. The van der Waals surface area contributed by atoms with Gasteiger partial charge in [0.05, 0.1) is 27.7 Å². The average Bonchev–Trinajstić information content (AvgIpc) is 3.29. The van der Waals surface area contributed by atoms with Crippen molar-refractivity contribution >= 4 is 19.8 Å². The molecule has 2 atom stereocenters. The van der Waals surface area contributed by atoms with E-state index in [2.05, 4.69) is 13.8 Å². The van der Waals surface area contributed by atoms with E-state index < -0.39 is 26.5 Å². The van der Waals surface area contributed by atoms with E-state index in [0.29, 0.717) is 17.4 Å². The lowest BCUT2D eigenvalue weighted by atomic mass is 10.0. The maximum atomic E-state index is 12.7. The second-order valence-electron chi connectivity index (χ2n) is 21.4. The first kappa shape index (κ1) is 66.0. The molecule has 0 rings (SSSR count). The van der Waals surface area contributed by atoms with Crippen LogP contribution in [-0.2, 0) is 32.7 Å². The van der Waals surface area contributed by atoms with Crippen molar-refractivity contribution in [2.75, 3.05) is 47.5 Å². The number of phosphoric acid groups is 1. The summed E-state index contributed by atoms with van der Waals surface area (Å²) in [6, 6.07) is 0. The molecule has 2 unspecified atom stereocenters. The van der Waals surface area contributed by atoms with Crippen molar-refractivity contribution in [3.8, 4) is 0 Å². The van der Waals surface area contributed by atoms with Crippen molar-refractivity contribution in [2.24, 2.45) is 0 Å². The molecule has 0 amide bonds. The lowest BCUT2D eigenvalue weighted by Crippen LogP contribution is -2.37. The number of likely N-dealkylation sites (N-methyl/N-ethyl adjacent to an activating group) is 1. The van der Waals surface area contributed by atoms with Crippen LogP contribution >= 0.6 is 7.82 Å². The van der Waals surface area contributed by atoms with Crippen LogP contribution in [0.1, 0.15) is 303 Å². The topological polar surface area (TPSA) is 108 Å². The molecule has 400 valence electrons. The largest absolute Gasteiger partial charge is 0.472 e. The fraction of sp³-hybridized carbons (Fsp3) is 0.965. The summed E-state index contributed by atoms with van der Waals surface area (Å²) in [7, 11) is 1.49. The Labute approximate surface area is 416 Å². The van der Waals surface area contributed by atoms with Crippen molar-refractivity contribution < 1.29 is 42.1 Å². The zero-order valence-corrected chi connectivity index (χ0v) is 46.3. The zero-order chi connectivity index (χ0) is 49.2. The van der Waals surface area contributed by atoms with Gasteiger partial charge in [-0.05, 0) is 12.8 Å². The minimum absolute atomic E-state index is 0.0365. The van der Waals surface area contributed by atoms with Gasteiger partial charge in [-0.1, -0.05) is 277 Å². The first-order valence-corrected chi connectivity index (χ1v) is 30.8. The standard InChI is InChI=1S/C57H114NO8P/c1-6-8-10-12-14-15-16-17-18-19-20-21-22-23-24-25-26-27-28-29-30-31-32-33-34-35-36-37-38-39-40-41-42-43-44-46-48-50-57(60)66-55(53-63-56(59)49-47-45-13-11-9-7-2)54-65-67(61,62)64-52-51-58(3,4)5/h55H,6-54H2,1-5H3/p+1. The predicted octanol–water partition coefficient (Wildman–Crippen LogP) is 17.9. The molecule has 0 saturated heterocycles. The van der Waals surface area contributed by atoms with E-state index >= 15 is 0 Å². The van der Waals surface area contributed by atoms with Crippen LogP contribution in [0, 0.1) is 0 Å². The number of ether oxygens (including phenoxy) is 2. The lowest BCUT2D eigenvalue weighted by Gasteiger charge is -2.24. The predicted molar refractivity (Wildman–Crippen MR) is 285 cm³/mol. The van der Waals surface area contributed by atoms with E-state index in [-0.39, 0.29) is 25.6 Å². The lowest BCUT2D eigenvalue weighted by molar-refractivity contribution is -0.870. The molecule has 0 bridgehead atoms. The summed E-state index contributed by atoms with van der Waals surface area (Å²) in [5, 5.41) is 0. The number of quaternary nitrogens is 1. The highest BCUT2D eigenvalue weighted by Crippen LogP contribution is 2.43. The summed E-state index contributed by atoms with van der Waals surface area (Å²) >= 11 is 0. The molecule has 10 heteroatoms. The first-order valence-electron chi connectivity index (χ1n) is 29.3. The van der Waals surface area contributed by atoms with E-state index in [1.54, 1.807) is 0 Å². The molecule has 1 N–H and O–H groups in total. The first-order chi connectivity index (χ1) is 32.5. The van der Waals surface area contributed by atoms with Crippen LogP contribution in [0.5, 0.6) is 0 Å². The van der Waals surface area contributed by atoms with Crippen LogP contribution in [0.4, 0.5) is 0 Å². The average molecular weight is 974 g/mol. The molecular weight excluding hydrogens is 858 g/mol. The van der Waals surface area contributed by atoms with Gasteiger partial charge in [-0.3, -0.25) is 18.6 Å². The van der Waals surface area contributed by atoms with Crippen LogP contribution in [0.3, 0.4) is 0 Å². The Balaban J connectivity index is 3.72. The Hall–Kier alpha value is -0.990. The third kappa shape index (κ3) is 54.2. The van der Waals surface area contributed by atoms with Crippen molar-refractivity contribution in [1.29, 1.82) is 0 Å². The minimum Gasteiger partial charge on any atom is -0.462 e. The molecule has 0 aliphatic rings. The highest BCUT2D eigenvalue weighted by Gasteiger charge is 2.27. The Morgan fingerprint density at radius 3 is 0.955 bits per heavy atom. The Kier molecular flexibility index (Phi) is 49.2. The van der Waals surface area contributed by atoms with Gasteiger partial charge in [0.25, 0.3) is 0 Å². The fourth-order valence-electron chi connectivity index (χ4n) is 8.84. The molecule has 0 saturated carbocycles. The van der Waals surface area contributed by atoms with Crippen LogP contribution in [0.15, 0.2) is 0 Å². The molecule has 0 aromatic heterocycles. The Bertz CT molecular complexity index is 1100. The molecule has 0 fully saturated rings. The maximum absolute atomic E-state index is 12.7. The highest BCUT2D eigenvalue weighted by molar-refractivity contribution is 7.47. The molecule has 0 aromatic rings. The van der Waals surface area contributed by atoms with Crippen LogP contribution < -0.4 is 0 Å². The number of unbranched alkanes of at least 4 members (excludes halogenated alkanes) is 41. The van der Waals surface area contributed by atoms with E-state index in [1.807, 2.05) is 21.1 Å². The molecule has 0 aliphatic carbocycles. The number of rotatable bonds is 55. The zero-order valence-electron chi connectivity index (χ0n) is 45.4. The summed E-state index contributed by atoms with van der Waals surface area (Å²) in [4.78, 5) is 35.2. The molecular formula is C57H115NO8P+. The van der Waals surface area contributed by atoms with E-state index in [9.17, 15) is 19.0 Å². The number of hydrogen-bond donors (Lipinski definition) is 1. The second-order valence-corrected chi connectivity index (χ2v) is 22.9. The number of hydrogen-bond acceptors (Lipinski definition) is 7. The Morgan fingerprint density at radius 2 is 0.672 bits per heavy atom. The highest BCUT2D eigenvalue weighted by atomic mass is 31.2. The summed E-state index contributed by atoms with van der Waals surface area (Å²) in [5.74, 6) is -0.791. The number of nitrogens with zero attached hydrogens (tertiary/aromatic N) is 1. The normalized spacial score (nSPS) is 13.2. The van der Waals surface area contributed by atoms with Gasteiger partial charge < -0.3 is 18.9 Å². The summed E-state index contributed by atoms with van der Waals surface area (Å²) in [5.41, 5.74) is 0. The number of carbonyl (C=O) groups excluding carboxylic acids is 2. The van der Waals surface area contributed by atoms with E-state index in [1.165, 1.54) is 238 Å². The number of carbonyl (C=O) groups is 2. The van der Waals surface area contributed by atoms with Gasteiger partial charge in [0.1, 0.15) is 19.8 Å². The van der Waals surface area contributed by atoms with Gasteiger partial charge >= 0.3 is 19.8 Å². The van der Waals surface area contributed by atoms with Gasteiger partial charge in [0.2, 0.25) is 0 Å². The van der Waals surface area contributed by atoms with Crippen LogP contribution in [0.2, 0.25) is 0 Å². The van der Waals surface area contributed by atoms with Crippen molar-refractivity contribution in [3.63, 3.8) is 0 Å². The molecule has 0 radical (unpaired) electrons. The van der Waals surface area contributed by atoms with Gasteiger partial charge in [-0.2, -0.15) is 0 Å². The third-order valence-corrected chi connectivity index (χ3v) is 14.4. The van der Waals surface area contributed by atoms with Crippen LogP contribution in [-0.4, -0.2) is 74.9 Å². The van der Waals surface area contributed by atoms with E-state index in [0.717, 1.165) is 38.5 Å². The quantitative estimate of drug-likeness (QED) is 0.0278. The summed E-state index contributed by atoms with van der Waals surface area (Å²) in [6.07, 6.45) is 56.9. The fourth-order valence-corrected chi connectivity index (χ4v) is 9.58. The second kappa shape index (κ2) is 50.0. The smallest absolute Gasteiger partial charge is 0.462 e. The van der Waals surface area contributed by atoms with Gasteiger partial charge in [0.15, 0.2) is 6.10 Å². The number of phosphoric ester groups is 1. The maximum Gasteiger partial charge on any atom is 0.472 e. The van der Waals surface area contributed by atoms with Gasteiger partial charge in [-0.15, -0.1) is 0 Å². The van der Waals surface area contributed by atoms with Crippen molar-refractivity contribution in [2.45, 2.75) is 309 Å². The van der Waals surface area contributed by atoms with E-state index in [4.69, 9.17) is 18.5 Å². The van der Waals surface area contributed by atoms with Crippen LogP contribution in [0.25, 0.3) is 0 Å². The van der Waals surface area contributed by atoms with Crippen molar-refractivity contribution in [1.82, 2.24) is 0 Å². The molecule has 67 heavy (non-hydrogen) atoms. The summed E-state index contributed by atoms with van der Waals surface area (Å²) in [6.45, 7) is 4.41. The SMILES string of the molecule is CCCCCCCCCCCCCCCCCCCCCCCCCCCCCCCCCCCCCCCC(=O)OC(COC(=O)CCCCCCCC)COP(=O)(O)OCC[N+](C)(C)C. The third-order valence-electron chi connectivity index (χ3n) is 13.4. The monoisotopic (exact) mass is 973 g/mol. The number of esters is 2. The van der Waals surface area contributed by atoms with Gasteiger partial charge in [-0.25, -0.2) is 4.57 Å². The van der Waals surface area contributed by atoms with Crippen molar-refractivity contribution in [3.05, 3.63) is 0 Å². The summed E-state index contributed by atoms with van der Waals surface area (Å²) < 4.78 is 34.3.